The van der Waals surface area contributed by atoms with Gasteiger partial charge >= 0.3 is 5.97 Å². The average Bonchev–Trinajstić information content (AvgIpc) is 2.01. The third-order valence-electron chi connectivity index (χ3n) is 1.59. The topological polar surface area (TPSA) is 26.3 Å². The Kier molecular flexibility index (Phi) is 4.92. The lowest BCUT2D eigenvalue weighted by molar-refractivity contribution is -0.149. The highest BCUT2D eigenvalue weighted by Crippen LogP contribution is 2.12. The summed E-state index contributed by atoms with van der Waals surface area (Å²) in [6.07, 6.45) is 6.22. The summed E-state index contributed by atoms with van der Waals surface area (Å²) in [6.45, 7) is 12.5. The maximum absolute atomic E-state index is 10.7. The van der Waals surface area contributed by atoms with Crippen molar-refractivity contribution >= 4 is 5.97 Å². The smallest absolute Gasteiger partial charge is 0.303 e. The van der Waals surface area contributed by atoms with E-state index in [0.29, 0.717) is 0 Å². The normalized spacial score (nSPS) is 11.4. The molecular formula is C12H18O2. The van der Waals surface area contributed by atoms with Gasteiger partial charge in [-0.05, 0) is 26.3 Å². The van der Waals surface area contributed by atoms with Crippen LogP contribution in [-0.2, 0) is 9.53 Å². The van der Waals surface area contributed by atoms with E-state index in [1.54, 1.807) is 6.08 Å². The molecule has 0 rings (SSSR count). The van der Waals surface area contributed by atoms with Crippen molar-refractivity contribution in [3.05, 3.63) is 37.0 Å². The Morgan fingerprint density at radius 3 is 2.50 bits per heavy atom. The maximum Gasteiger partial charge on any atom is 0.303 e. The predicted octanol–water partition coefficient (Wildman–Crippen LogP) is 3.02. The second kappa shape index (κ2) is 5.43. The van der Waals surface area contributed by atoms with E-state index in [0.717, 1.165) is 12.0 Å². The summed E-state index contributed by atoms with van der Waals surface area (Å²) in [7, 11) is 0. The fourth-order valence-electron chi connectivity index (χ4n) is 0.982. The average molecular weight is 194 g/mol. The fourth-order valence-corrected chi connectivity index (χ4v) is 0.982. The van der Waals surface area contributed by atoms with E-state index in [1.807, 2.05) is 26.0 Å². The molecule has 0 aliphatic heterocycles. The van der Waals surface area contributed by atoms with Gasteiger partial charge in [-0.2, -0.15) is 0 Å². The number of hydrogen-bond acceptors (Lipinski definition) is 2. The van der Waals surface area contributed by atoms with Crippen LogP contribution in [0.5, 0.6) is 0 Å². The van der Waals surface area contributed by atoms with Crippen molar-refractivity contribution < 1.29 is 9.53 Å². The van der Waals surface area contributed by atoms with Gasteiger partial charge in [0.15, 0.2) is 0 Å². The van der Waals surface area contributed by atoms with Gasteiger partial charge in [0.25, 0.3) is 0 Å². The Balaban J connectivity index is 4.13. The summed E-state index contributed by atoms with van der Waals surface area (Å²) in [6, 6.07) is 0. The number of esters is 1. The summed E-state index contributed by atoms with van der Waals surface area (Å²) >= 11 is 0. The quantitative estimate of drug-likeness (QED) is 0.382. The van der Waals surface area contributed by atoms with Crippen molar-refractivity contribution in [3.8, 4) is 0 Å². The number of ether oxygens (including phenoxy) is 1. The van der Waals surface area contributed by atoms with E-state index in [-0.39, 0.29) is 5.97 Å². The number of hydrogen-bond donors (Lipinski definition) is 0. The largest absolute Gasteiger partial charge is 0.456 e. The minimum atomic E-state index is -0.548. The summed E-state index contributed by atoms with van der Waals surface area (Å²) in [5, 5.41) is 0. The molecule has 14 heavy (non-hydrogen) atoms. The second-order valence-electron chi connectivity index (χ2n) is 3.67. The molecule has 0 saturated heterocycles. The Morgan fingerprint density at radius 2 is 2.07 bits per heavy atom. The van der Waals surface area contributed by atoms with Gasteiger partial charge in [-0.3, -0.25) is 4.79 Å². The molecule has 2 heteroatoms. The summed E-state index contributed by atoms with van der Waals surface area (Å²) in [5.41, 5.74) is 0.396. The number of allylic oxidation sites excluding steroid dienone is 3. The first-order valence-corrected chi connectivity index (χ1v) is 4.55. The minimum absolute atomic E-state index is 0.276. The third-order valence-corrected chi connectivity index (χ3v) is 1.59. The van der Waals surface area contributed by atoms with Gasteiger partial charge in [-0.25, -0.2) is 0 Å². The van der Waals surface area contributed by atoms with Crippen molar-refractivity contribution in [2.75, 3.05) is 0 Å². The Labute approximate surface area is 86.0 Å². The zero-order valence-corrected chi connectivity index (χ0v) is 9.17. The zero-order chi connectivity index (χ0) is 11.2. The van der Waals surface area contributed by atoms with Gasteiger partial charge in [0.1, 0.15) is 5.60 Å². The number of carbonyl (C=O) groups is 1. The molecule has 0 radical (unpaired) electrons. The van der Waals surface area contributed by atoms with E-state index < -0.39 is 5.60 Å². The highest BCUT2D eigenvalue weighted by Gasteiger charge is 2.16. The van der Waals surface area contributed by atoms with Crippen LogP contribution in [0.1, 0.15) is 27.2 Å². The molecule has 0 N–H and O–H groups in total. The van der Waals surface area contributed by atoms with Crippen LogP contribution >= 0.6 is 0 Å². The monoisotopic (exact) mass is 194 g/mol. The number of rotatable bonds is 5. The highest BCUT2D eigenvalue weighted by atomic mass is 16.6. The summed E-state index contributed by atoms with van der Waals surface area (Å²) < 4.78 is 5.07. The van der Waals surface area contributed by atoms with Crippen LogP contribution in [0.4, 0.5) is 0 Å². The van der Waals surface area contributed by atoms with E-state index in [1.165, 1.54) is 6.92 Å². The van der Waals surface area contributed by atoms with Crippen LogP contribution in [0, 0.1) is 0 Å². The van der Waals surface area contributed by atoms with Crippen LogP contribution in [-0.4, -0.2) is 11.6 Å². The molecule has 0 aromatic heterocycles. The van der Waals surface area contributed by atoms with Gasteiger partial charge in [-0.15, -0.1) is 0 Å². The maximum atomic E-state index is 10.7. The van der Waals surface area contributed by atoms with Gasteiger partial charge in [-0.1, -0.05) is 30.9 Å². The first-order valence-electron chi connectivity index (χ1n) is 4.55. The minimum Gasteiger partial charge on any atom is -0.456 e. The molecule has 2 nitrogen and oxygen atoms in total. The molecule has 0 bridgehead atoms. The lowest BCUT2D eigenvalue weighted by Gasteiger charge is -2.19. The van der Waals surface area contributed by atoms with Crippen molar-refractivity contribution in [2.24, 2.45) is 0 Å². The molecule has 0 spiro atoms. The molecule has 0 saturated carbocycles. The Morgan fingerprint density at radius 1 is 1.50 bits per heavy atom. The summed E-state index contributed by atoms with van der Waals surface area (Å²) in [4.78, 5) is 10.7. The lowest BCUT2D eigenvalue weighted by Crippen LogP contribution is -2.23. The van der Waals surface area contributed by atoms with Crippen LogP contribution in [0.25, 0.3) is 0 Å². The van der Waals surface area contributed by atoms with Crippen molar-refractivity contribution in [2.45, 2.75) is 32.8 Å². The van der Waals surface area contributed by atoms with Crippen LogP contribution < -0.4 is 0 Å². The van der Waals surface area contributed by atoms with Gasteiger partial charge in [0.05, 0.1) is 0 Å². The molecule has 0 aliphatic rings. The Hall–Kier alpha value is -1.31. The van der Waals surface area contributed by atoms with Gasteiger partial charge in [0.2, 0.25) is 0 Å². The molecule has 0 unspecified atom stereocenters. The van der Waals surface area contributed by atoms with Gasteiger partial charge < -0.3 is 4.74 Å². The molecule has 0 aromatic carbocycles. The third kappa shape index (κ3) is 6.23. The molecule has 78 valence electrons. The molecule has 0 heterocycles. The molecule has 0 fully saturated rings. The summed E-state index contributed by atoms with van der Waals surface area (Å²) in [5.74, 6) is -0.276. The standard InChI is InChI=1S/C12H18O2/c1-6-10(2)8-7-9-12(4,5)14-11(3)13/h6-7,9H,1-2,8H2,3-5H3/b9-7+. The second-order valence-corrected chi connectivity index (χ2v) is 3.67. The van der Waals surface area contributed by atoms with Crippen LogP contribution in [0.15, 0.2) is 37.0 Å². The predicted molar refractivity (Wildman–Crippen MR) is 58.9 cm³/mol. The molecular weight excluding hydrogens is 176 g/mol. The fraction of sp³-hybridized carbons (Fsp3) is 0.417. The Bertz CT molecular complexity index is 259. The molecule has 0 atom stereocenters. The van der Waals surface area contributed by atoms with Gasteiger partial charge in [0, 0.05) is 6.92 Å². The highest BCUT2D eigenvalue weighted by molar-refractivity contribution is 5.66. The van der Waals surface area contributed by atoms with Crippen molar-refractivity contribution in [3.63, 3.8) is 0 Å². The first kappa shape index (κ1) is 12.7. The SMILES string of the molecule is C=CC(=C)C/C=C/C(C)(C)OC(C)=O. The molecule has 0 aromatic rings. The first-order chi connectivity index (χ1) is 6.37. The zero-order valence-electron chi connectivity index (χ0n) is 9.17. The molecule has 0 amide bonds. The molecule has 0 aliphatic carbocycles. The van der Waals surface area contributed by atoms with Crippen LogP contribution in [0.2, 0.25) is 0 Å². The van der Waals surface area contributed by atoms with E-state index in [4.69, 9.17) is 4.74 Å². The van der Waals surface area contributed by atoms with Crippen molar-refractivity contribution in [1.29, 1.82) is 0 Å². The van der Waals surface area contributed by atoms with E-state index >= 15 is 0 Å². The lowest BCUT2D eigenvalue weighted by atomic mass is 10.1. The van der Waals surface area contributed by atoms with E-state index in [9.17, 15) is 4.79 Å². The van der Waals surface area contributed by atoms with Crippen LogP contribution in [0.3, 0.4) is 0 Å². The van der Waals surface area contributed by atoms with E-state index in [2.05, 4.69) is 13.2 Å². The number of carbonyl (C=O) groups excluding carboxylic acids is 1. The van der Waals surface area contributed by atoms with Crippen molar-refractivity contribution in [1.82, 2.24) is 0 Å².